The summed E-state index contributed by atoms with van der Waals surface area (Å²) in [5.74, 6) is 0.160. The molecule has 0 aromatic carbocycles. The SMILES string of the molecule is CC1CCOC1C(=O)N1CCC(CCC(=O)O)CC1. The second-order valence-electron chi connectivity index (χ2n) is 5.76. The Labute approximate surface area is 113 Å². The molecule has 19 heavy (non-hydrogen) atoms. The fourth-order valence-electron chi connectivity index (χ4n) is 2.96. The van der Waals surface area contributed by atoms with Crippen molar-refractivity contribution < 1.29 is 19.4 Å². The van der Waals surface area contributed by atoms with Crippen molar-refractivity contribution in [1.82, 2.24) is 4.90 Å². The highest BCUT2D eigenvalue weighted by Crippen LogP contribution is 2.26. The summed E-state index contributed by atoms with van der Waals surface area (Å²) < 4.78 is 5.52. The van der Waals surface area contributed by atoms with E-state index in [4.69, 9.17) is 9.84 Å². The van der Waals surface area contributed by atoms with Gasteiger partial charge in [-0.15, -0.1) is 0 Å². The van der Waals surface area contributed by atoms with Gasteiger partial charge >= 0.3 is 5.97 Å². The first-order chi connectivity index (χ1) is 9.08. The molecule has 0 aromatic rings. The highest BCUT2D eigenvalue weighted by Gasteiger charge is 2.35. The maximum atomic E-state index is 12.3. The average Bonchev–Trinajstić information content (AvgIpc) is 2.82. The molecule has 2 rings (SSSR count). The number of carbonyl (C=O) groups excluding carboxylic acids is 1. The summed E-state index contributed by atoms with van der Waals surface area (Å²) in [4.78, 5) is 24.7. The monoisotopic (exact) mass is 269 g/mol. The molecule has 2 fully saturated rings. The first-order valence-corrected chi connectivity index (χ1v) is 7.20. The van der Waals surface area contributed by atoms with E-state index in [2.05, 4.69) is 6.92 Å². The predicted molar refractivity (Wildman–Crippen MR) is 69.7 cm³/mol. The van der Waals surface area contributed by atoms with E-state index in [1.165, 1.54) is 0 Å². The Morgan fingerprint density at radius 1 is 1.26 bits per heavy atom. The van der Waals surface area contributed by atoms with Crippen molar-refractivity contribution in [2.75, 3.05) is 19.7 Å². The number of likely N-dealkylation sites (tertiary alicyclic amines) is 1. The Bertz CT molecular complexity index is 336. The van der Waals surface area contributed by atoms with Gasteiger partial charge in [0.25, 0.3) is 5.91 Å². The lowest BCUT2D eigenvalue weighted by atomic mass is 9.91. The Morgan fingerprint density at radius 3 is 2.47 bits per heavy atom. The zero-order valence-corrected chi connectivity index (χ0v) is 11.5. The van der Waals surface area contributed by atoms with Gasteiger partial charge in [0.1, 0.15) is 6.10 Å². The lowest BCUT2D eigenvalue weighted by molar-refractivity contribution is -0.144. The Hall–Kier alpha value is -1.10. The Balaban J connectivity index is 1.76. The molecule has 108 valence electrons. The molecular formula is C14H23NO4. The molecule has 0 aromatic heterocycles. The maximum Gasteiger partial charge on any atom is 0.303 e. The molecule has 0 aliphatic carbocycles. The van der Waals surface area contributed by atoms with Crippen LogP contribution in [0.1, 0.15) is 39.0 Å². The van der Waals surface area contributed by atoms with Crippen LogP contribution in [-0.2, 0) is 14.3 Å². The number of rotatable bonds is 4. The number of carboxylic acid groups (broad SMARTS) is 1. The molecule has 2 aliphatic rings. The van der Waals surface area contributed by atoms with Crippen LogP contribution in [-0.4, -0.2) is 47.7 Å². The van der Waals surface area contributed by atoms with E-state index in [0.29, 0.717) is 18.4 Å². The molecule has 5 nitrogen and oxygen atoms in total. The highest BCUT2D eigenvalue weighted by atomic mass is 16.5. The average molecular weight is 269 g/mol. The highest BCUT2D eigenvalue weighted by molar-refractivity contribution is 5.81. The number of ether oxygens (including phenoxy) is 1. The van der Waals surface area contributed by atoms with Crippen molar-refractivity contribution in [3.05, 3.63) is 0 Å². The third-order valence-electron chi connectivity index (χ3n) is 4.32. The van der Waals surface area contributed by atoms with Crippen molar-refractivity contribution in [1.29, 1.82) is 0 Å². The van der Waals surface area contributed by atoms with E-state index >= 15 is 0 Å². The van der Waals surface area contributed by atoms with E-state index in [1.54, 1.807) is 0 Å². The van der Waals surface area contributed by atoms with Gasteiger partial charge in [-0.3, -0.25) is 9.59 Å². The number of carbonyl (C=O) groups is 2. The number of aliphatic carboxylic acids is 1. The molecular weight excluding hydrogens is 246 g/mol. The minimum absolute atomic E-state index is 0.127. The van der Waals surface area contributed by atoms with Crippen molar-refractivity contribution in [3.8, 4) is 0 Å². The number of hydrogen-bond donors (Lipinski definition) is 1. The molecule has 0 bridgehead atoms. The normalized spacial score (nSPS) is 28.6. The largest absolute Gasteiger partial charge is 0.481 e. The zero-order chi connectivity index (χ0) is 13.8. The maximum absolute atomic E-state index is 12.3. The second kappa shape index (κ2) is 6.37. The lowest BCUT2D eigenvalue weighted by Crippen LogP contribution is -2.45. The molecule has 0 saturated carbocycles. The van der Waals surface area contributed by atoms with Gasteiger partial charge in [-0.2, -0.15) is 0 Å². The zero-order valence-electron chi connectivity index (χ0n) is 11.5. The smallest absolute Gasteiger partial charge is 0.303 e. The molecule has 2 aliphatic heterocycles. The van der Waals surface area contributed by atoms with Gasteiger partial charge in [0.2, 0.25) is 0 Å². The topological polar surface area (TPSA) is 66.8 Å². The number of carboxylic acids is 1. The van der Waals surface area contributed by atoms with Crippen molar-refractivity contribution in [3.63, 3.8) is 0 Å². The van der Waals surface area contributed by atoms with E-state index in [1.807, 2.05) is 4.90 Å². The van der Waals surface area contributed by atoms with Crippen molar-refractivity contribution in [2.45, 2.75) is 45.1 Å². The number of hydrogen-bond acceptors (Lipinski definition) is 3. The van der Waals surface area contributed by atoms with Gasteiger partial charge < -0.3 is 14.7 Å². The van der Waals surface area contributed by atoms with Gasteiger partial charge in [-0.25, -0.2) is 0 Å². The number of amides is 1. The van der Waals surface area contributed by atoms with Crippen LogP contribution in [0, 0.1) is 11.8 Å². The molecule has 0 spiro atoms. The fourth-order valence-corrected chi connectivity index (χ4v) is 2.96. The first-order valence-electron chi connectivity index (χ1n) is 7.20. The summed E-state index contributed by atoms with van der Waals surface area (Å²) in [6.07, 6.45) is 3.51. The Kier molecular flexibility index (Phi) is 4.80. The summed E-state index contributed by atoms with van der Waals surface area (Å²) in [6, 6.07) is 0. The number of piperidine rings is 1. The molecule has 5 heteroatoms. The van der Waals surface area contributed by atoms with Gasteiger partial charge in [0, 0.05) is 26.1 Å². The van der Waals surface area contributed by atoms with Crippen LogP contribution in [0.3, 0.4) is 0 Å². The predicted octanol–water partition coefficient (Wildman–Crippen LogP) is 1.51. The van der Waals surface area contributed by atoms with Crippen LogP contribution in [0.15, 0.2) is 0 Å². The summed E-state index contributed by atoms with van der Waals surface area (Å²) >= 11 is 0. The van der Waals surface area contributed by atoms with E-state index in [0.717, 1.165) is 38.8 Å². The fraction of sp³-hybridized carbons (Fsp3) is 0.857. The lowest BCUT2D eigenvalue weighted by Gasteiger charge is -2.33. The molecule has 2 saturated heterocycles. The Morgan fingerprint density at radius 2 is 1.95 bits per heavy atom. The minimum Gasteiger partial charge on any atom is -0.481 e. The molecule has 2 unspecified atom stereocenters. The van der Waals surface area contributed by atoms with Gasteiger partial charge in [0.15, 0.2) is 0 Å². The van der Waals surface area contributed by atoms with Crippen LogP contribution < -0.4 is 0 Å². The molecule has 0 radical (unpaired) electrons. The summed E-state index contributed by atoms with van der Waals surface area (Å²) in [7, 11) is 0. The summed E-state index contributed by atoms with van der Waals surface area (Å²) in [5, 5.41) is 8.68. The van der Waals surface area contributed by atoms with Crippen LogP contribution >= 0.6 is 0 Å². The van der Waals surface area contributed by atoms with Crippen molar-refractivity contribution >= 4 is 11.9 Å². The van der Waals surface area contributed by atoms with Crippen LogP contribution in [0.25, 0.3) is 0 Å². The standard InChI is InChI=1S/C14H23NO4/c1-10-6-9-19-13(10)14(18)15-7-4-11(5-8-15)2-3-12(16)17/h10-11,13H,2-9H2,1H3,(H,16,17). The van der Waals surface area contributed by atoms with Gasteiger partial charge in [0.05, 0.1) is 0 Å². The first kappa shape index (κ1) is 14.3. The van der Waals surface area contributed by atoms with Crippen LogP contribution in [0.5, 0.6) is 0 Å². The van der Waals surface area contributed by atoms with E-state index < -0.39 is 5.97 Å². The third kappa shape index (κ3) is 3.69. The van der Waals surface area contributed by atoms with Crippen LogP contribution in [0.4, 0.5) is 0 Å². The molecule has 2 heterocycles. The quantitative estimate of drug-likeness (QED) is 0.840. The summed E-state index contributed by atoms with van der Waals surface area (Å²) in [6.45, 7) is 4.24. The van der Waals surface area contributed by atoms with Crippen LogP contribution in [0.2, 0.25) is 0 Å². The molecule has 1 N–H and O–H groups in total. The minimum atomic E-state index is -0.730. The van der Waals surface area contributed by atoms with Gasteiger partial charge in [-0.05, 0) is 37.5 Å². The number of nitrogens with zero attached hydrogens (tertiary/aromatic N) is 1. The van der Waals surface area contributed by atoms with Crippen molar-refractivity contribution in [2.24, 2.45) is 11.8 Å². The second-order valence-corrected chi connectivity index (χ2v) is 5.76. The van der Waals surface area contributed by atoms with E-state index in [-0.39, 0.29) is 18.4 Å². The third-order valence-corrected chi connectivity index (χ3v) is 4.32. The van der Waals surface area contributed by atoms with Gasteiger partial charge in [-0.1, -0.05) is 6.92 Å². The molecule has 1 amide bonds. The molecule has 2 atom stereocenters. The van der Waals surface area contributed by atoms with E-state index in [9.17, 15) is 9.59 Å². The summed E-state index contributed by atoms with van der Waals surface area (Å²) in [5.41, 5.74) is 0.